The van der Waals surface area contributed by atoms with Crippen molar-refractivity contribution in [2.24, 2.45) is 5.92 Å². The summed E-state index contributed by atoms with van der Waals surface area (Å²) in [5.41, 5.74) is 1.25. The Morgan fingerprint density at radius 2 is 2.11 bits per heavy atom. The van der Waals surface area contributed by atoms with Gasteiger partial charge < -0.3 is 14.8 Å². The average Bonchev–Trinajstić information content (AvgIpc) is 3.19. The van der Waals surface area contributed by atoms with Gasteiger partial charge in [-0.3, -0.25) is 0 Å². The van der Waals surface area contributed by atoms with Gasteiger partial charge in [0.2, 0.25) is 0 Å². The average molecular weight is 249 g/mol. The van der Waals surface area contributed by atoms with Crippen molar-refractivity contribution in [1.82, 2.24) is 5.32 Å². The number of rotatable bonds is 8. The molecule has 0 aromatic heterocycles. The molecule has 0 amide bonds. The van der Waals surface area contributed by atoms with Gasteiger partial charge in [-0.25, -0.2) is 0 Å². The van der Waals surface area contributed by atoms with Crippen molar-refractivity contribution in [2.45, 2.75) is 32.7 Å². The third-order valence-electron chi connectivity index (χ3n) is 3.28. The zero-order valence-electron chi connectivity index (χ0n) is 11.4. The maximum atomic E-state index is 5.57. The van der Waals surface area contributed by atoms with E-state index in [0.29, 0.717) is 6.61 Å². The molecule has 1 saturated carbocycles. The molecular formula is C15H23NO2. The highest BCUT2D eigenvalue weighted by Crippen LogP contribution is 2.31. The molecule has 1 aromatic carbocycles. The number of hydrogen-bond donors (Lipinski definition) is 1. The van der Waals surface area contributed by atoms with Gasteiger partial charge in [0.05, 0.1) is 13.7 Å². The molecule has 0 saturated heterocycles. The third kappa shape index (κ3) is 3.91. The fraction of sp³-hybridized carbons (Fsp3) is 0.600. The van der Waals surface area contributed by atoms with Crippen LogP contribution < -0.4 is 14.8 Å². The summed E-state index contributed by atoms with van der Waals surface area (Å²) >= 11 is 0. The van der Waals surface area contributed by atoms with Crippen molar-refractivity contribution in [1.29, 1.82) is 0 Å². The summed E-state index contributed by atoms with van der Waals surface area (Å²) in [6.45, 7) is 4.66. The van der Waals surface area contributed by atoms with E-state index in [1.165, 1.54) is 24.8 Å². The lowest BCUT2D eigenvalue weighted by Crippen LogP contribution is -2.15. The van der Waals surface area contributed by atoms with Crippen molar-refractivity contribution in [3.8, 4) is 11.5 Å². The lowest BCUT2D eigenvalue weighted by Gasteiger charge is -2.11. The highest BCUT2D eigenvalue weighted by atomic mass is 16.5. The van der Waals surface area contributed by atoms with Crippen LogP contribution in [0.5, 0.6) is 11.5 Å². The Labute approximate surface area is 109 Å². The molecule has 1 aliphatic rings. The number of nitrogens with one attached hydrogen (secondary N) is 1. The molecular weight excluding hydrogens is 226 g/mol. The molecule has 100 valence electrons. The molecule has 1 N–H and O–H groups in total. The summed E-state index contributed by atoms with van der Waals surface area (Å²) < 4.78 is 10.8. The van der Waals surface area contributed by atoms with Gasteiger partial charge in [-0.05, 0) is 43.5 Å². The van der Waals surface area contributed by atoms with Crippen LogP contribution in [0.2, 0.25) is 0 Å². The molecule has 0 spiro atoms. The summed E-state index contributed by atoms with van der Waals surface area (Å²) in [6.07, 6.45) is 4.17. The predicted molar refractivity (Wildman–Crippen MR) is 73.2 cm³/mol. The molecule has 0 atom stereocenters. The molecule has 0 bridgehead atoms. The Morgan fingerprint density at radius 1 is 1.28 bits per heavy atom. The van der Waals surface area contributed by atoms with Crippen molar-refractivity contribution < 1.29 is 9.47 Å². The van der Waals surface area contributed by atoms with Crippen LogP contribution in [0.15, 0.2) is 18.2 Å². The smallest absolute Gasteiger partial charge is 0.161 e. The molecule has 3 nitrogen and oxygen atoms in total. The summed E-state index contributed by atoms with van der Waals surface area (Å²) in [4.78, 5) is 0. The van der Waals surface area contributed by atoms with Crippen LogP contribution in [-0.4, -0.2) is 20.3 Å². The van der Waals surface area contributed by atoms with Gasteiger partial charge in [0.15, 0.2) is 11.5 Å². The van der Waals surface area contributed by atoms with E-state index >= 15 is 0 Å². The third-order valence-corrected chi connectivity index (χ3v) is 3.28. The summed E-state index contributed by atoms with van der Waals surface area (Å²) in [6, 6.07) is 6.13. The molecule has 0 unspecified atom stereocenters. The Bertz CT molecular complexity index is 375. The lowest BCUT2D eigenvalue weighted by atomic mass is 10.2. The predicted octanol–water partition coefficient (Wildman–Crippen LogP) is 2.98. The zero-order chi connectivity index (χ0) is 12.8. The highest BCUT2D eigenvalue weighted by molar-refractivity contribution is 5.42. The fourth-order valence-corrected chi connectivity index (χ4v) is 2.04. The second-order valence-electron chi connectivity index (χ2n) is 4.83. The lowest BCUT2D eigenvalue weighted by molar-refractivity contribution is 0.310. The van der Waals surface area contributed by atoms with Crippen LogP contribution in [0, 0.1) is 5.92 Å². The molecule has 2 rings (SSSR count). The molecule has 1 aliphatic carbocycles. The standard InChI is InChI=1S/C15H23NO2/c1-3-18-15-10-13(6-7-14(15)17-2)11-16-9-8-12-4-5-12/h6-7,10,12,16H,3-5,8-9,11H2,1-2H3. The van der Waals surface area contributed by atoms with Crippen molar-refractivity contribution in [2.75, 3.05) is 20.3 Å². The first-order valence-corrected chi connectivity index (χ1v) is 6.84. The summed E-state index contributed by atoms with van der Waals surface area (Å²) in [5, 5.41) is 3.48. The molecule has 18 heavy (non-hydrogen) atoms. The van der Waals surface area contributed by atoms with E-state index in [9.17, 15) is 0 Å². The van der Waals surface area contributed by atoms with Crippen LogP contribution in [0.4, 0.5) is 0 Å². The Balaban J connectivity index is 1.84. The number of methoxy groups -OCH3 is 1. The quantitative estimate of drug-likeness (QED) is 0.718. The second kappa shape index (κ2) is 6.64. The second-order valence-corrected chi connectivity index (χ2v) is 4.83. The van der Waals surface area contributed by atoms with Gasteiger partial charge in [-0.2, -0.15) is 0 Å². The van der Waals surface area contributed by atoms with Gasteiger partial charge >= 0.3 is 0 Å². The van der Waals surface area contributed by atoms with Gasteiger partial charge in [0.25, 0.3) is 0 Å². The molecule has 0 radical (unpaired) electrons. The molecule has 1 fully saturated rings. The van der Waals surface area contributed by atoms with Crippen LogP contribution in [0.3, 0.4) is 0 Å². The Kier molecular flexibility index (Phi) is 4.88. The monoisotopic (exact) mass is 249 g/mol. The van der Waals surface area contributed by atoms with Gasteiger partial charge in [0.1, 0.15) is 0 Å². The molecule has 3 heteroatoms. The topological polar surface area (TPSA) is 30.5 Å². The van der Waals surface area contributed by atoms with Gasteiger partial charge in [0, 0.05) is 6.54 Å². The Morgan fingerprint density at radius 3 is 2.78 bits per heavy atom. The molecule has 1 aromatic rings. The van der Waals surface area contributed by atoms with Gasteiger partial charge in [-0.15, -0.1) is 0 Å². The number of hydrogen-bond acceptors (Lipinski definition) is 3. The maximum Gasteiger partial charge on any atom is 0.161 e. The van der Waals surface area contributed by atoms with Crippen LogP contribution >= 0.6 is 0 Å². The van der Waals surface area contributed by atoms with E-state index in [-0.39, 0.29) is 0 Å². The van der Waals surface area contributed by atoms with E-state index in [0.717, 1.165) is 30.5 Å². The van der Waals surface area contributed by atoms with Crippen LogP contribution in [0.1, 0.15) is 31.7 Å². The zero-order valence-corrected chi connectivity index (χ0v) is 11.4. The van der Waals surface area contributed by atoms with Crippen molar-refractivity contribution >= 4 is 0 Å². The van der Waals surface area contributed by atoms with E-state index in [4.69, 9.17) is 9.47 Å². The number of ether oxygens (including phenoxy) is 2. The minimum atomic E-state index is 0.662. The SMILES string of the molecule is CCOc1cc(CNCCC2CC2)ccc1OC. The van der Waals surface area contributed by atoms with Gasteiger partial charge in [-0.1, -0.05) is 18.9 Å². The van der Waals surface area contributed by atoms with E-state index in [2.05, 4.69) is 17.4 Å². The van der Waals surface area contributed by atoms with Crippen LogP contribution in [-0.2, 0) is 6.54 Å². The first kappa shape index (κ1) is 13.2. The van der Waals surface area contributed by atoms with E-state index < -0.39 is 0 Å². The first-order valence-electron chi connectivity index (χ1n) is 6.84. The van der Waals surface area contributed by atoms with E-state index in [1.807, 2.05) is 13.0 Å². The Hall–Kier alpha value is -1.22. The van der Waals surface area contributed by atoms with Crippen molar-refractivity contribution in [3.63, 3.8) is 0 Å². The minimum absolute atomic E-state index is 0.662. The fourth-order valence-electron chi connectivity index (χ4n) is 2.04. The summed E-state index contributed by atoms with van der Waals surface area (Å²) in [7, 11) is 1.67. The normalized spacial score (nSPS) is 14.6. The largest absolute Gasteiger partial charge is 0.493 e. The number of benzene rings is 1. The molecule has 0 aliphatic heterocycles. The van der Waals surface area contributed by atoms with E-state index in [1.54, 1.807) is 7.11 Å². The van der Waals surface area contributed by atoms with Crippen molar-refractivity contribution in [3.05, 3.63) is 23.8 Å². The highest BCUT2D eigenvalue weighted by Gasteiger charge is 2.19. The minimum Gasteiger partial charge on any atom is -0.493 e. The first-order chi connectivity index (χ1) is 8.83. The maximum absolute atomic E-state index is 5.57. The van der Waals surface area contributed by atoms with Crippen LogP contribution in [0.25, 0.3) is 0 Å². The summed E-state index contributed by atoms with van der Waals surface area (Å²) in [5.74, 6) is 2.63. The molecule has 0 heterocycles.